The first-order valence-corrected chi connectivity index (χ1v) is 9.26. The third-order valence-corrected chi connectivity index (χ3v) is 6.26. The summed E-state index contributed by atoms with van der Waals surface area (Å²) in [5.74, 6) is -0.138. The molecule has 0 saturated heterocycles. The molecule has 1 aromatic rings. The van der Waals surface area contributed by atoms with Gasteiger partial charge in [-0.2, -0.15) is 0 Å². The van der Waals surface area contributed by atoms with Crippen molar-refractivity contribution in [3.05, 3.63) is 58.9 Å². The number of primary amides is 1. The number of hydrogen-bond acceptors (Lipinski definition) is 4. The van der Waals surface area contributed by atoms with Crippen molar-refractivity contribution in [3.8, 4) is 0 Å². The summed E-state index contributed by atoms with van der Waals surface area (Å²) in [4.78, 5) is 25.1. The van der Waals surface area contributed by atoms with Gasteiger partial charge in [-0.25, -0.2) is 0 Å². The first-order chi connectivity index (χ1) is 13.0. The summed E-state index contributed by atoms with van der Waals surface area (Å²) < 4.78 is 5.97. The molecule has 4 rings (SSSR count). The van der Waals surface area contributed by atoms with Gasteiger partial charge in [-0.3, -0.25) is 9.59 Å². The molecule has 2 unspecified atom stereocenters. The van der Waals surface area contributed by atoms with Gasteiger partial charge in [0.25, 0.3) is 5.91 Å². The number of aliphatic hydroxyl groups is 1. The second-order valence-electron chi connectivity index (χ2n) is 7.70. The maximum absolute atomic E-state index is 12.6. The molecule has 2 atom stereocenters. The van der Waals surface area contributed by atoms with E-state index < -0.39 is 16.7 Å². The fourth-order valence-corrected chi connectivity index (χ4v) is 4.51. The highest BCUT2D eigenvalue weighted by Crippen LogP contribution is 2.58. The first kappa shape index (κ1) is 17.8. The predicted molar refractivity (Wildman–Crippen MR) is 99.3 cm³/mol. The number of aliphatic hydroxyl groups excluding tert-OH is 1. The van der Waals surface area contributed by atoms with Crippen LogP contribution >= 0.6 is 0 Å². The van der Waals surface area contributed by atoms with Crippen LogP contribution in [0, 0.1) is 11.3 Å². The highest BCUT2D eigenvalue weighted by Gasteiger charge is 2.57. The Morgan fingerprint density at radius 1 is 1.30 bits per heavy atom. The lowest BCUT2D eigenvalue weighted by molar-refractivity contribution is -0.126. The molecular weight excluding hydrogens is 344 g/mol. The van der Waals surface area contributed by atoms with Gasteiger partial charge in [-0.1, -0.05) is 36.4 Å². The van der Waals surface area contributed by atoms with E-state index in [9.17, 15) is 14.7 Å². The Morgan fingerprint density at radius 3 is 2.56 bits per heavy atom. The fourth-order valence-electron chi connectivity index (χ4n) is 4.51. The number of nitrogens with two attached hydrogens (primary N) is 1. The summed E-state index contributed by atoms with van der Waals surface area (Å²) in [6.07, 6.45) is 3.89. The zero-order valence-corrected chi connectivity index (χ0v) is 15.3. The van der Waals surface area contributed by atoms with Crippen LogP contribution in [0.25, 0.3) is 0 Å². The number of rotatable bonds is 5. The van der Waals surface area contributed by atoms with Gasteiger partial charge in [0.15, 0.2) is 0 Å². The van der Waals surface area contributed by atoms with Gasteiger partial charge >= 0.3 is 0 Å². The maximum atomic E-state index is 12.6. The number of hydrogen-bond donors (Lipinski definition) is 3. The molecule has 2 aliphatic carbocycles. The van der Waals surface area contributed by atoms with Gasteiger partial charge in [0.1, 0.15) is 12.4 Å². The molecule has 1 aliphatic heterocycles. The number of amides is 2. The summed E-state index contributed by atoms with van der Waals surface area (Å²) in [6, 6.07) is 9.61. The maximum Gasteiger partial charge on any atom is 0.254 e. The van der Waals surface area contributed by atoms with Gasteiger partial charge in [0.2, 0.25) is 5.91 Å². The highest BCUT2D eigenvalue weighted by atomic mass is 16.5. The summed E-state index contributed by atoms with van der Waals surface area (Å²) in [6.45, 7) is 0.0579. The van der Waals surface area contributed by atoms with Gasteiger partial charge < -0.3 is 20.9 Å². The number of ether oxygens (including phenoxy) is 1. The Bertz CT molecular complexity index is 856. The number of carbonyl (C=O) groups excluding carboxylic acids is 2. The minimum atomic E-state index is -0.913. The van der Waals surface area contributed by atoms with Crippen LogP contribution in [0.2, 0.25) is 0 Å². The predicted octanol–water partition coefficient (Wildman–Crippen LogP) is 1.16. The van der Waals surface area contributed by atoms with Crippen LogP contribution in [-0.4, -0.2) is 37.2 Å². The second-order valence-corrected chi connectivity index (χ2v) is 7.70. The van der Waals surface area contributed by atoms with E-state index in [1.165, 1.54) is 0 Å². The molecule has 1 fully saturated rings. The molecule has 0 spiro atoms. The van der Waals surface area contributed by atoms with Crippen molar-refractivity contribution >= 4 is 11.8 Å². The van der Waals surface area contributed by atoms with Crippen molar-refractivity contribution in [2.75, 3.05) is 20.3 Å². The van der Waals surface area contributed by atoms with Crippen LogP contribution in [0.5, 0.6) is 0 Å². The Hall–Kier alpha value is -2.60. The van der Waals surface area contributed by atoms with Crippen molar-refractivity contribution in [1.29, 1.82) is 0 Å². The molecule has 6 heteroatoms. The Morgan fingerprint density at radius 2 is 2.00 bits per heavy atom. The number of benzene rings is 1. The zero-order valence-electron chi connectivity index (χ0n) is 15.3. The molecule has 0 aromatic heterocycles. The summed E-state index contributed by atoms with van der Waals surface area (Å²) in [7, 11) is 1.55. The van der Waals surface area contributed by atoms with Crippen molar-refractivity contribution in [1.82, 2.24) is 5.32 Å². The van der Waals surface area contributed by atoms with E-state index in [1.807, 2.05) is 30.3 Å². The van der Waals surface area contributed by atoms with Crippen LogP contribution < -0.4 is 11.1 Å². The standard InChI is InChI=1S/C21H24N2O4/c1-23-18(25)15-9-20(19(22)26,14-7-8-14)10-16-17(15)27-12-21(16,11-24)13-5-3-2-4-6-13/h2-6,9,14,24H,7-8,10-12H2,1H3,(H2,22,26)(H,23,25). The van der Waals surface area contributed by atoms with E-state index in [0.29, 0.717) is 17.8 Å². The quantitative estimate of drug-likeness (QED) is 0.726. The Kier molecular flexibility index (Phi) is 4.11. The Labute approximate surface area is 158 Å². The smallest absolute Gasteiger partial charge is 0.254 e. The van der Waals surface area contributed by atoms with Crippen molar-refractivity contribution in [3.63, 3.8) is 0 Å². The lowest BCUT2D eigenvalue weighted by Gasteiger charge is -2.37. The van der Waals surface area contributed by atoms with E-state index in [2.05, 4.69) is 5.32 Å². The monoisotopic (exact) mass is 368 g/mol. The van der Waals surface area contributed by atoms with Gasteiger partial charge in [-0.05, 0) is 36.3 Å². The molecule has 0 bridgehead atoms. The van der Waals surface area contributed by atoms with Crippen LogP contribution in [0.3, 0.4) is 0 Å². The molecule has 1 saturated carbocycles. The molecule has 2 amide bonds. The van der Waals surface area contributed by atoms with Crippen molar-refractivity contribution in [2.45, 2.75) is 24.7 Å². The van der Waals surface area contributed by atoms with Crippen LogP contribution in [-0.2, 0) is 19.7 Å². The Balaban J connectivity index is 1.91. The minimum absolute atomic E-state index is 0.122. The molecule has 142 valence electrons. The topological polar surface area (TPSA) is 102 Å². The average Bonchev–Trinajstić information content (AvgIpc) is 3.49. The molecule has 3 aliphatic rings. The largest absolute Gasteiger partial charge is 0.491 e. The molecule has 4 N–H and O–H groups in total. The highest BCUT2D eigenvalue weighted by molar-refractivity contribution is 6.00. The number of likely N-dealkylation sites (N-methyl/N-ethyl adjacent to an activating group) is 1. The third-order valence-electron chi connectivity index (χ3n) is 6.26. The molecule has 1 heterocycles. The summed E-state index contributed by atoms with van der Waals surface area (Å²) >= 11 is 0. The van der Waals surface area contributed by atoms with Crippen molar-refractivity contribution < 1.29 is 19.4 Å². The van der Waals surface area contributed by atoms with Crippen molar-refractivity contribution in [2.24, 2.45) is 17.1 Å². The minimum Gasteiger partial charge on any atom is -0.491 e. The summed E-state index contributed by atoms with van der Waals surface area (Å²) in [5, 5.41) is 13.0. The zero-order chi connectivity index (χ0) is 19.2. The third kappa shape index (κ3) is 2.51. The van der Waals surface area contributed by atoms with Crippen LogP contribution in [0.15, 0.2) is 53.3 Å². The van der Waals surface area contributed by atoms with E-state index >= 15 is 0 Å². The molecular formula is C21H24N2O4. The first-order valence-electron chi connectivity index (χ1n) is 9.26. The van der Waals surface area contributed by atoms with Crippen LogP contribution in [0.4, 0.5) is 0 Å². The van der Waals surface area contributed by atoms with E-state index in [1.54, 1.807) is 13.1 Å². The van der Waals surface area contributed by atoms with E-state index in [0.717, 1.165) is 24.0 Å². The fraction of sp³-hybridized carbons (Fsp3) is 0.429. The lowest BCUT2D eigenvalue weighted by atomic mass is 9.64. The van der Waals surface area contributed by atoms with E-state index in [-0.39, 0.29) is 25.0 Å². The molecule has 0 radical (unpaired) electrons. The number of nitrogens with one attached hydrogen (secondary N) is 1. The molecule has 6 nitrogen and oxygen atoms in total. The average molecular weight is 368 g/mol. The van der Waals surface area contributed by atoms with E-state index in [4.69, 9.17) is 10.5 Å². The second kappa shape index (κ2) is 6.23. The SMILES string of the molecule is CNC(=O)C1=CC(C(N)=O)(C2CC2)CC2=C1OCC2(CO)c1ccccc1. The molecule has 1 aromatic carbocycles. The van der Waals surface area contributed by atoms with Gasteiger partial charge in [0, 0.05) is 7.05 Å². The van der Waals surface area contributed by atoms with Gasteiger partial charge in [0.05, 0.1) is 23.0 Å². The van der Waals surface area contributed by atoms with Gasteiger partial charge in [-0.15, -0.1) is 0 Å². The number of carbonyl (C=O) groups is 2. The summed E-state index contributed by atoms with van der Waals surface area (Å²) in [5.41, 5.74) is 6.21. The van der Waals surface area contributed by atoms with Crippen LogP contribution in [0.1, 0.15) is 24.8 Å². The molecule has 27 heavy (non-hydrogen) atoms. The normalized spacial score (nSPS) is 29.6. The lowest BCUT2D eigenvalue weighted by Crippen LogP contribution is -2.44.